The Hall–Kier alpha value is -2.71. The van der Waals surface area contributed by atoms with Gasteiger partial charge >= 0.3 is 11.9 Å². The highest BCUT2D eigenvalue weighted by Gasteiger charge is 2.37. The van der Waals surface area contributed by atoms with E-state index in [0.29, 0.717) is 23.5 Å². The third-order valence-electron chi connectivity index (χ3n) is 5.35. The van der Waals surface area contributed by atoms with E-state index in [0.717, 1.165) is 26.5 Å². The molecule has 8 heteroatoms. The SMILES string of the molecule is COC(=O)c1c(NC(=O)C[NH+]2Cc3ccccc3C[C@H]2C(=O)OC)sc(C)c1C. The summed E-state index contributed by atoms with van der Waals surface area (Å²) in [6, 6.07) is 7.46. The van der Waals surface area contributed by atoms with Gasteiger partial charge in [-0.2, -0.15) is 0 Å². The summed E-state index contributed by atoms with van der Waals surface area (Å²) in [5.74, 6) is -1.08. The van der Waals surface area contributed by atoms with Crippen LogP contribution in [0.15, 0.2) is 24.3 Å². The van der Waals surface area contributed by atoms with E-state index in [-0.39, 0.29) is 18.4 Å². The second-order valence-corrected chi connectivity index (χ2v) is 8.31. The first kappa shape index (κ1) is 21.0. The summed E-state index contributed by atoms with van der Waals surface area (Å²) < 4.78 is 9.82. The van der Waals surface area contributed by atoms with E-state index in [1.807, 2.05) is 38.1 Å². The number of hydrogen-bond donors (Lipinski definition) is 2. The smallest absolute Gasteiger partial charge is 0.365 e. The maximum Gasteiger partial charge on any atom is 0.365 e. The molecule has 2 heterocycles. The number of nitrogens with one attached hydrogen (secondary N) is 2. The molecule has 1 amide bonds. The molecule has 1 aromatic carbocycles. The predicted octanol–water partition coefficient (Wildman–Crippen LogP) is 1.27. The highest BCUT2D eigenvalue weighted by Crippen LogP contribution is 2.32. The minimum Gasteiger partial charge on any atom is -0.465 e. The average Bonchev–Trinajstić information content (AvgIpc) is 2.99. The van der Waals surface area contributed by atoms with Crippen molar-refractivity contribution in [3.8, 4) is 0 Å². The number of carbonyl (C=O) groups is 3. The van der Waals surface area contributed by atoms with Gasteiger partial charge in [-0.25, -0.2) is 9.59 Å². The average molecular weight is 418 g/mol. The predicted molar refractivity (Wildman–Crippen MR) is 109 cm³/mol. The number of benzene rings is 1. The Morgan fingerprint density at radius 2 is 1.83 bits per heavy atom. The Labute approximate surface area is 173 Å². The number of fused-ring (bicyclic) bond motifs is 1. The molecule has 0 saturated carbocycles. The molecule has 1 aliphatic heterocycles. The van der Waals surface area contributed by atoms with Gasteiger partial charge in [0.05, 0.1) is 19.8 Å². The highest BCUT2D eigenvalue weighted by molar-refractivity contribution is 7.16. The Bertz CT molecular complexity index is 953. The molecule has 2 atom stereocenters. The lowest BCUT2D eigenvalue weighted by Gasteiger charge is -2.31. The summed E-state index contributed by atoms with van der Waals surface area (Å²) in [4.78, 5) is 39.0. The number of methoxy groups -OCH3 is 2. The van der Waals surface area contributed by atoms with Crippen molar-refractivity contribution >= 4 is 34.2 Å². The first-order valence-electron chi connectivity index (χ1n) is 9.33. The fourth-order valence-electron chi connectivity index (χ4n) is 3.68. The summed E-state index contributed by atoms with van der Waals surface area (Å²) >= 11 is 1.34. The summed E-state index contributed by atoms with van der Waals surface area (Å²) in [6.07, 6.45) is 0.524. The molecular weight excluding hydrogens is 392 g/mol. The molecule has 7 nitrogen and oxygen atoms in total. The van der Waals surface area contributed by atoms with Crippen LogP contribution in [-0.4, -0.2) is 44.7 Å². The first-order chi connectivity index (χ1) is 13.8. The summed E-state index contributed by atoms with van der Waals surface area (Å²) in [7, 11) is 2.68. The normalized spacial score (nSPS) is 17.9. The number of thiophene rings is 1. The molecule has 0 bridgehead atoms. The van der Waals surface area contributed by atoms with Crippen molar-refractivity contribution in [2.45, 2.75) is 32.9 Å². The lowest BCUT2D eigenvalue weighted by molar-refractivity contribution is -0.924. The summed E-state index contributed by atoms with van der Waals surface area (Å²) in [5.41, 5.74) is 3.40. The standard InChI is InChI=1S/C21H24N2O5S/c1-12-13(2)29-19(18(12)21(26)28-4)22-17(24)11-23-10-15-8-6-5-7-14(15)9-16(23)20(25)27-3/h5-8,16H,9-11H2,1-4H3,(H,22,24)/p+1/t16-/m0/s1. The summed E-state index contributed by atoms with van der Waals surface area (Å²) in [5, 5.41) is 3.32. The van der Waals surface area contributed by atoms with Gasteiger partial charge in [0, 0.05) is 16.9 Å². The monoisotopic (exact) mass is 417 g/mol. The molecule has 0 aliphatic carbocycles. The van der Waals surface area contributed by atoms with E-state index in [4.69, 9.17) is 9.47 Å². The van der Waals surface area contributed by atoms with Gasteiger partial charge in [-0.1, -0.05) is 24.3 Å². The molecule has 29 heavy (non-hydrogen) atoms. The Morgan fingerprint density at radius 1 is 1.14 bits per heavy atom. The molecule has 1 aliphatic rings. The molecule has 154 valence electrons. The number of anilines is 1. The van der Waals surface area contributed by atoms with Crippen LogP contribution in [0.3, 0.4) is 0 Å². The summed E-state index contributed by atoms with van der Waals surface area (Å²) in [6.45, 7) is 4.36. The molecule has 1 unspecified atom stereocenters. The lowest BCUT2D eigenvalue weighted by atomic mass is 9.94. The van der Waals surface area contributed by atoms with Crippen LogP contribution in [0.4, 0.5) is 5.00 Å². The van der Waals surface area contributed by atoms with Gasteiger partial charge in [0.25, 0.3) is 5.91 Å². The van der Waals surface area contributed by atoms with E-state index in [1.54, 1.807) is 0 Å². The van der Waals surface area contributed by atoms with Crippen LogP contribution in [0.5, 0.6) is 0 Å². The quantitative estimate of drug-likeness (QED) is 0.716. The number of hydrogen-bond acceptors (Lipinski definition) is 6. The molecule has 3 rings (SSSR count). The Balaban J connectivity index is 1.80. The molecule has 2 aromatic rings. The lowest BCUT2D eigenvalue weighted by Crippen LogP contribution is -3.17. The molecule has 0 fully saturated rings. The third kappa shape index (κ3) is 4.33. The first-order valence-corrected chi connectivity index (χ1v) is 10.1. The Morgan fingerprint density at radius 3 is 2.48 bits per heavy atom. The van der Waals surface area contributed by atoms with Gasteiger partial charge in [0.15, 0.2) is 12.6 Å². The van der Waals surface area contributed by atoms with Crippen molar-refractivity contribution in [2.24, 2.45) is 0 Å². The molecule has 0 saturated heterocycles. The number of ether oxygens (including phenoxy) is 2. The largest absolute Gasteiger partial charge is 0.465 e. The van der Waals surface area contributed by atoms with E-state index in [9.17, 15) is 14.4 Å². The number of carbonyl (C=O) groups excluding carboxylic acids is 3. The van der Waals surface area contributed by atoms with Crippen LogP contribution in [0.25, 0.3) is 0 Å². The second kappa shape index (κ2) is 8.75. The second-order valence-electron chi connectivity index (χ2n) is 7.09. The molecule has 2 N–H and O–H groups in total. The molecular formula is C21H25N2O5S+. The maximum atomic E-state index is 12.8. The van der Waals surface area contributed by atoms with Crippen LogP contribution in [0, 0.1) is 13.8 Å². The molecule has 0 spiro atoms. The Kier molecular flexibility index (Phi) is 6.34. The van der Waals surface area contributed by atoms with Crippen molar-refractivity contribution in [2.75, 3.05) is 26.1 Å². The van der Waals surface area contributed by atoms with Crippen molar-refractivity contribution in [1.29, 1.82) is 0 Å². The number of amides is 1. The van der Waals surface area contributed by atoms with E-state index < -0.39 is 12.0 Å². The fraction of sp³-hybridized carbons (Fsp3) is 0.381. The third-order valence-corrected chi connectivity index (χ3v) is 6.48. The number of esters is 2. The van der Waals surface area contributed by atoms with E-state index in [1.165, 1.54) is 25.6 Å². The zero-order chi connectivity index (χ0) is 21.1. The van der Waals surface area contributed by atoms with Crippen LogP contribution >= 0.6 is 11.3 Å². The van der Waals surface area contributed by atoms with Crippen molar-refractivity contribution < 1.29 is 28.8 Å². The van der Waals surface area contributed by atoms with E-state index in [2.05, 4.69) is 5.32 Å². The molecule has 0 radical (unpaired) electrons. The van der Waals surface area contributed by atoms with Gasteiger partial charge in [0.2, 0.25) is 0 Å². The highest BCUT2D eigenvalue weighted by atomic mass is 32.1. The molecule has 1 aromatic heterocycles. The van der Waals surface area contributed by atoms with Crippen molar-refractivity contribution in [3.63, 3.8) is 0 Å². The van der Waals surface area contributed by atoms with E-state index >= 15 is 0 Å². The van der Waals surface area contributed by atoms with Crippen molar-refractivity contribution in [1.82, 2.24) is 0 Å². The van der Waals surface area contributed by atoms with Crippen LogP contribution in [0.1, 0.15) is 31.9 Å². The number of quaternary nitrogens is 1. The number of rotatable bonds is 5. The minimum absolute atomic E-state index is 0.0880. The fourth-order valence-corrected chi connectivity index (χ4v) is 4.74. The van der Waals surface area contributed by atoms with Crippen LogP contribution in [0.2, 0.25) is 0 Å². The van der Waals surface area contributed by atoms with Gasteiger partial charge in [-0.15, -0.1) is 11.3 Å². The van der Waals surface area contributed by atoms with Gasteiger partial charge in [-0.05, 0) is 25.0 Å². The van der Waals surface area contributed by atoms with Gasteiger partial charge < -0.3 is 19.7 Å². The maximum absolute atomic E-state index is 12.8. The van der Waals surface area contributed by atoms with Crippen LogP contribution in [-0.2, 0) is 32.0 Å². The van der Waals surface area contributed by atoms with Gasteiger partial charge in [0.1, 0.15) is 11.5 Å². The zero-order valence-electron chi connectivity index (χ0n) is 17.0. The van der Waals surface area contributed by atoms with Gasteiger partial charge in [-0.3, -0.25) is 4.79 Å². The topological polar surface area (TPSA) is 86.1 Å². The van der Waals surface area contributed by atoms with Crippen LogP contribution < -0.4 is 10.2 Å². The minimum atomic E-state index is -0.478. The number of aryl methyl sites for hydroxylation is 1. The zero-order valence-corrected chi connectivity index (χ0v) is 17.8. The van der Waals surface area contributed by atoms with Crippen molar-refractivity contribution in [3.05, 3.63) is 51.4 Å².